The van der Waals surface area contributed by atoms with E-state index in [0.717, 1.165) is 17.0 Å². The first kappa shape index (κ1) is 17.3. The first-order valence-electron chi connectivity index (χ1n) is 7.66. The topological polar surface area (TPSA) is 45.7 Å². The summed E-state index contributed by atoms with van der Waals surface area (Å²) in [4.78, 5) is 4.30. The number of nitrogens with one attached hydrogen (secondary N) is 2. The molecule has 0 heterocycles. The quantitative estimate of drug-likeness (QED) is 0.599. The third-order valence-electron chi connectivity index (χ3n) is 4.34. The summed E-state index contributed by atoms with van der Waals surface area (Å²) in [6.45, 7) is 5.72. The maximum Gasteiger partial charge on any atom is 0.191 e. The predicted molar refractivity (Wildman–Crippen MR) is 95.5 cm³/mol. The molecule has 1 aromatic rings. The molecule has 0 aromatic heterocycles. The number of hydrogen-bond donors (Lipinski definition) is 2. The van der Waals surface area contributed by atoms with Crippen LogP contribution in [-0.4, -0.2) is 38.8 Å². The Morgan fingerprint density at radius 2 is 2.09 bits per heavy atom. The minimum absolute atomic E-state index is 0.209. The molecule has 0 radical (unpaired) electrons. The van der Waals surface area contributed by atoms with E-state index in [9.17, 15) is 0 Å². The van der Waals surface area contributed by atoms with Crippen molar-refractivity contribution in [1.29, 1.82) is 0 Å². The van der Waals surface area contributed by atoms with Gasteiger partial charge in [-0.2, -0.15) is 0 Å². The van der Waals surface area contributed by atoms with Crippen LogP contribution in [-0.2, 0) is 10.2 Å². The Morgan fingerprint density at radius 3 is 2.64 bits per heavy atom. The molecule has 5 heteroatoms. The summed E-state index contributed by atoms with van der Waals surface area (Å²) in [5, 5.41) is 6.78. The number of halogens is 1. The van der Waals surface area contributed by atoms with Crippen LogP contribution in [0, 0.1) is 0 Å². The third kappa shape index (κ3) is 4.46. The van der Waals surface area contributed by atoms with Gasteiger partial charge < -0.3 is 15.4 Å². The van der Waals surface area contributed by atoms with Crippen molar-refractivity contribution in [3.05, 3.63) is 34.3 Å². The highest BCUT2D eigenvalue weighted by Gasteiger charge is 2.44. The van der Waals surface area contributed by atoms with E-state index in [1.54, 1.807) is 14.2 Å². The predicted octanol–water partition coefficient (Wildman–Crippen LogP) is 3.07. The van der Waals surface area contributed by atoms with E-state index >= 15 is 0 Å². The van der Waals surface area contributed by atoms with Crippen molar-refractivity contribution in [3.8, 4) is 0 Å². The molecule has 0 bridgehead atoms. The second-order valence-electron chi connectivity index (χ2n) is 6.53. The maximum atomic E-state index is 5.42. The maximum absolute atomic E-state index is 5.42. The molecule has 1 aliphatic carbocycles. The highest BCUT2D eigenvalue weighted by atomic mass is 79.9. The van der Waals surface area contributed by atoms with Gasteiger partial charge in [0.05, 0.1) is 5.60 Å². The second kappa shape index (κ2) is 7.01. The molecular formula is C17H26BrN3O. The van der Waals surface area contributed by atoms with Crippen molar-refractivity contribution >= 4 is 21.9 Å². The molecule has 0 spiro atoms. The number of benzene rings is 1. The van der Waals surface area contributed by atoms with E-state index in [0.29, 0.717) is 6.54 Å². The second-order valence-corrected chi connectivity index (χ2v) is 7.45. The highest BCUT2D eigenvalue weighted by molar-refractivity contribution is 9.10. The van der Waals surface area contributed by atoms with Gasteiger partial charge in [-0.15, -0.1) is 0 Å². The Labute approximate surface area is 141 Å². The van der Waals surface area contributed by atoms with Gasteiger partial charge in [-0.1, -0.05) is 28.1 Å². The summed E-state index contributed by atoms with van der Waals surface area (Å²) in [5.41, 5.74) is 1.43. The molecule has 2 N–H and O–H groups in total. The molecule has 0 saturated heterocycles. The van der Waals surface area contributed by atoms with Gasteiger partial charge in [0.15, 0.2) is 5.96 Å². The largest absolute Gasteiger partial charge is 0.377 e. The van der Waals surface area contributed by atoms with Crippen LogP contribution in [0.3, 0.4) is 0 Å². The lowest BCUT2D eigenvalue weighted by atomic mass is 9.96. The van der Waals surface area contributed by atoms with Gasteiger partial charge in [-0.25, -0.2) is 0 Å². The number of guanidine groups is 1. The monoisotopic (exact) mass is 367 g/mol. The molecular weight excluding hydrogens is 342 g/mol. The normalized spacial score (nSPS) is 17.2. The fraction of sp³-hybridized carbons (Fsp3) is 0.588. The minimum atomic E-state index is -0.209. The number of ether oxygens (including phenoxy) is 1. The molecule has 4 nitrogen and oxygen atoms in total. The van der Waals surface area contributed by atoms with Gasteiger partial charge >= 0.3 is 0 Å². The number of rotatable bonds is 6. The summed E-state index contributed by atoms with van der Waals surface area (Å²) >= 11 is 3.56. The Morgan fingerprint density at radius 1 is 1.36 bits per heavy atom. The van der Waals surface area contributed by atoms with Gasteiger partial charge in [0.25, 0.3) is 0 Å². The zero-order valence-corrected chi connectivity index (χ0v) is 15.5. The average molecular weight is 368 g/mol. The van der Waals surface area contributed by atoms with Crippen LogP contribution in [0.15, 0.2) is 33.7 Å². The molecule has 122 valence electrons. The van der Waals surface area contributed by atoms with E-state index in [4.69, 9.17) is 4.74 Å². The zero-order chi connectivity index (χ0) is 16.2. The van der Waals surface area contributed by atoms with Gasteiger partial charge in [0.2, 0.25) is 0 Å². The number of nitrogens with zero attached hydrogens (tertiary/aromatic N) is 1. The summed E-state index contributed by atoms with van der Waals surface area (Å²) < 4.78 is 6.56. The number of methoxy groups -OCH3 is 1. The fourth-order valence-electron chi connectivity index (χ4n) is 2.38. The molecule has 1 fully saturated rings. The van der Waals surface area contributed by atoms with E-state index in [1.807, 2.05) is 0 Å². The number of aliphatic imine (C=N–C) groups is 1. The van der Waals surface area contributed by atoms with Crippen LogP contribution < -0.4 is 10.6 Å². The van der Waals surface area contributed by atoms with E-state index < -0.39 is 0 Å². The van der Waals surface area contributed by atoms with Gasteiger partial charge in [0.1, 0.15) is 0 Å². The van der Waals surface area contributed by atoms with E-state index in [2.05, 4.69) is 69.7 Å². The molecule has 1 aliphatic rings. The van der Waals surface area contributed by atoms with Gasteiger partial charge in [-0.3, -0.25) is 4.99 Å². The lowest BCUT2D eigenvalue weighted by Crippen LogP contribution is -2.47. The Hall–Kier alpha value is -1.07. The molecule has 0 unspecified atom stereocenters. The molecule has 1 saturated carbocycles. The lowest BCUT2D eigenvalue weighted by molar-refractivity contribution is 0.0268. The smallest absolute Gasteiger partial charge is 0.191 e. The fourth-order valence-corrected chi connectivity index (χ4v) is 2.78. The minimum Gasteiger partial charge on any atom is -0.377 e. The third-order valence-corrected chi connectivity index (χ3v) is 4.84. The van der Waals surface area contributed by atoms with Crippen LogP contribution >= 0.6 is 15.9 Å². The first-order chi connectivity index (χ1) is 10.4. The molecule has 1 aromatic carbocycles. The molecule has 0 aliphatic heterocycles. The average Bonchev–Trinajstić information content (AvgIpc) is 3.29. The van der Waals surface area contributed by atoms with Crippen LogP contribution in [0.1, 0.15) is 32.3 Å². The van der Waals surface area contributed by atoms with E-state index in [-0.39, 0.29) is 11.0 Å². The molecule has 0 amide bonds. The highest BCUT2D eigenvalue weighted by Crippen LogP contribution is 2.48. The van der Waals surface area contributed by atoms with Crippen molar-refractivity contribution in [2.75, 3.05) is 27.2 Å². The van der Waals surface area contributed by atoms with Gasteiger partial charge in [-0.05, 0) is 44.4 Å². The summed E-state index contributed by atoms with van der Waals surface area (Å²) in [5.74, 6) is 0.825. The van der Waals surface area contributed by atoms with Crippen LogP contribution in [0.4, 0.5) is 0 Å². The van der Waals surface area contributed by atoms with Gasteiger partial charge in [0, 0.05) is 37.1 Å². The summed E-state index contributed by atoms with van der Waals surface area (Å²) in [7, 11) is 3.53. The van der Waals surface area contributed by atoms with Crippen molar-refractivity contribution < 1.29 is 4.74 Å². The molecule has 2 rings (SSSR count). The molecule has 22 heavy (non-hydrogen) atoms. The lowest BCUT2D eigenvalue weighted by Gasteiger charge is -2.25. The van der Waals surface area contributed by atoms with Crippen molar-refractivity contribution in [2.24, 2.45) is 4.99 Å². The van der Waals surface area contributed by atoms with Crippen molar-refractivity contribution in [2.45, 2.75) is 37.7 Å². The van der Waals surface area contributed by atoms with E-state index in [1.165, 1.54) is 18.4 Å². The summed E-state index contributed by atoms with van der Waals surface area (Å²) in [6.07, 6.45) is 2.44. The van der Waals surface area contributed by atoms with Crippen LogP contribution in [0.5, 0.6) is 0 Å². The Bertz CT molecular complexity index is 538. The molecule has 0 atom stereocenters. The zero-order valence-electron chi connectivity index (χ0n) is 13.9. The first-order valence-corrected chi connectivity index (χ1v) is 8.46. The van der Waals surface area contributed by atoms with Crippen LogP contribution in [0.2, 0.25) is 0 Å². The number of hydrogen-bond acceptors (Lipinski definition) is 2. The SMILES string of the molecule is CN=C(NCC(C)(C)OC)NCC1(c2cccc(Br)c2)CC1. The Kier molecular flexibility index (Phi) is 5.50. The standard InChI is InChI=1S/C17H26BrN3O/c1-16(2,22-4)11-20-15(19-3)21-12-17(8-9-17)13-6-5-7-14(18)10-13/h5-7,10H,8-9,11-12H2,1-4H3,(H2,19,20,21). The van der Waals surface area contributed by atoms with Crippen molar-refractivity contribution in [1.82, 2.24) is 10.6 Å². The van der Waals surface area contributed by atoms with Crippen molar-refractivity contribution in [3.63, 3.8) is 0 Å². The Balaban J connectivity index is 1.91. The van der Waals surface area contributed by atoms with Crippen LogP contribution in [0.25, 0.3) is 0 Å². The summed E-state index contributed by atoms with van der Waals surface area (Å²) in [6, 6.07) is 8.61.